The van der Waals surface area contributed by atoms with Crippen LogP contribution in [0.3, 0.4) is 0 Å². The maximum absolute atomic E-state index is 12.7. The highest BCUT2D eigenvalue weighted by Crippen LogP contribution is 2.32. The fourth-order valence-corrected chi connectivity index (χ4v) is 4.40. The lowest BCUT2D eigenvalue weighted by Crippen LogP contribution is -2.49. The van der Waals surface area contributed by atoms with Gasteiger partial charge in [-0.05, 0) is 45.0 Å². The lowest BCUT2D eigenvalue weighted by Gasteiger charge is -2.36. The number of pyridine rings is 1. The van der Waals surface area contributed by atoms with Gasteiger partial charge in [-0.25, -0.2) is 9.78 Å². The zero-order valence-electron chi connectivity index (χ0n) is 20.6. The third-order valence-corrected chi connectivity index (χ3v) is 6.00. The predicted octanol–water partition coefficient (Wildman–Crippen LogP) is 5.77. The fraction of sp³-hybridized carbons (Fsp3) is 0.400. The van der Waals surface area contributed by atoms with Crippen LogP contribution in [0.15, 0.2) is 36.5 Å². The van der Waals surface area contributed by atoms with Gasteiger partial charge >= 0.3 is 12.3 Å². The molecule has 0 aliphatic carbocycles. The molecule has 0 unspecified atom stereocenters. The van der Waals surface area contributed by atoms with Crippen LogP contribution in [0.25, 0.3) is 10.9 Å². The van der Waals surface area contributed by atoms with Crippen LogP contribution in [-0.2, 0) is 4.74 Å². The normalized spacial score (nSPS) is 15.0. The van der Waals surface area contributed by atoms with Crippen molar-refractivity contribution in [1.29, 1.82) is 5.26 Å². The summed E-state index contributed by atoms with van der Waals surface area (Å²) >= 11 is 6.48. The Balaban J connectivity index is 1.58. The summed E-state index contributed by atoms with van der Waals surface area (Å²) in [6.45, 7) is 5.65. The van der Waals surface area contributed by atoms with Crippen LogP contribution in [0.2, 0.25) is 5.02 Å². The lowest BCUT2D eigenvalue weighted by molar-refractivity contribution is -0.146. The molecule has 1 aliphatic heterocycles. The molecule has 3 aromatic rings. The van der Waals surface area contributed by atoms with Crippen molar-refractivity contribution < 1.29 is 22.7 Å². The smallest absolute Gasteiger partial charge is 0.418 e. The van der Waals surface area contributed by atoms with Gasteiger partial charge in [0.15, 0.2) is 0 Å². The Labute approximate surface area is 217 Å². The van der Waals surface area contributed by atoms with Gasteiger partial charge in [0.2, 0.25) is 0 Å². The number of nitrogens with zero attached hydrogens (tertiary/aromatic N) is 5. The van der Waals surface area contributed by atoms with Gasteiger partial charge in [-0.3, -0.25) is 9.47 Å². The molecule has 0 spiro atoms. The molecule has 37 heavy (non-hydrogen) atoms. The third kappa shape index (κ3) is 6.64. The van der Waals surface area contributed by atoms with E-state index in [0.29, 0.717) is 46.2 Å². The molecular weight excluding hydrogens is 509 g/mol. The van der Waals surface area contributed by atoms with Crippen LogP contribution in [0.5, 0.6) is 0 Å². The Morgan fingerprint density at radius 3 is 2.49 bits per heavy atom. The maximum atomic E-state index is 12.7. The summed E-state index contributed by atoms with van der Waals surface area (Å²) in [5.74, 6) is 0.359. The van der Waals surface area contributed by atoms with Crippen molar-refractivity contribution in [1.82, 2.24) is 14.5 Å². The minimum atomic E-state index is -4.24. The first-order valence-electron chi connectivity index (χ1n) is 11.6. The van der Waals surface area contributed by atoms with Gasteiger partial charge in [0, 0.05) is 55.2 Å². The van der Waals surface area contributed by atoms with Crippen molar-refractivity contribution in [3.8, 4) is 6.07 Å². The van der Waals surface area contributed by atoms with Gasteiger partial charge in [-0.15, -0.1) is 0 Å². The molecule has 8 nitrogen and oxygen atoms in total. The second-order valence-corrected chi connectivity index (χ2v) is 10.2. The quantitative estimate of drug-likeness (QED) is 0.454. The molecule has 0 amide bonds. The van der Waals surface area contributed by atoms with Crippen molar-refractivity contribution >= 4 is 45.8 Å². The number of hydrogen-bond donors (Lipinski definition) is 1. The standard InChI is InChI=1S/C25H26ClF3N6O2/c1-24(2,3)37-23(36)35-5-4-19-20(26)11-16(12-21(19)35)31-22-13-18(10-17(14-30)32-22)34-8-6-33(7-9-34)15-25(27,28)29/h4-5,10-13H,6-9,15H2,1-3H3,(H,31,32). The summed E-state index contributed by atoms with van der Waals surface area (Å²) in [7, 11) is 0. The van der Waals surface area contributed by atoms with Gasteiger partial charge in [0.1, 0.15) is 23.2 Å². The van der Waals surface area contributed by atoms with Crippen molar-refractivity contribution in [2.75, 3.05) is 42.9 Å². The highest BCUT2D eigenvalue weighted by molar-refractivity contribution is 6.36. The number of aromatic nitrogens is 2. The number of hydrogen-bond acceptors (Lipinski definition) is 7. The molecule has 1 fully saturated rings. The van der Waals surface area contributed by atoms with Crippen LogP contribution >= 0.6 is 11.6 Å². The fourth-order valence-electron chi connectivity index (χ4n) is 4.13. The largest absolute Gasteiger partial charge is 0.443 e. The maximum Gasteiger partial charge on any atom is 0.418 e. The topological polar surface area (TPSA) is 86.4 Å². The number of nitriles is 1. The number of piperazine rings is 1. The number of carbonyl (C=O) groups excluding carboxylic acids is 1. The molecule has 0 radical (unpaired) electrons. The molecule has 3 heterocycles. The van der Waals surface area contributed by atoms with Crippen molar-refractivity contribution in [2.45, 2.75) is 32.5 Å². The Bertz CT molecular complexity index is 1350. The van der Waals surface area contributed by atoms with Gasteiger partial charge in [0.05, 0.1) is 17.1 Å². The Hall–Kier alpha value is -3.49. The van der Waals surface area contributed by atoms with E-state index in [2.05, 4.69) is 10.3 Å². The molecule has 2 aromatic heterocycles. The van der Waals surface area contributed by atoms with Crippen LogP contribution in [-0.4, -0.2) is 65.0 Å². The number of carbonyl (C=O) groups is 1. The molecule has 4 rings (SSSR count). The number of fused-ring (bicyclic) bond motifs is 1. The SMILES string of the molecule is CC(C)(C)OC(=O)n1ccc2c(Cl)cc(Nc3cc(N4CCN(CC(F)(F)F)CC4)cc(C#N)n3)cc21. The first kappa shape index (κ1) is 26.6. The molecular formula is C25H26ClF3N6O2. The molecule has 0 bridgehead atoms. The summed E-state index contributed by atoms with van der Waals surface area (Å²) in [6.07, 6.45) is -3.21. The molecule has 1 saturated heterocycles. The third-order valence-electron chi connectivity index (χ3n) is 5.69. The minimum absolute atomic E-state index is 0.155. The molecule has 196 valence electrons. The van der Waals surface area contributed by atoms with E-state index in [1.165, 1.54) is 9.47 Å². The van der Waals surface area contributed by atoms with Crippen LogP contribution in [0, 0.1) is 11.3 Å². The molecule has 12 heteroatoms. The zero-order chi connectivity index (χ0) is 27.0. The van der Waals surface area contributed by atoms with Gasteiger partial charge in [0.25, 0.3) is 0 Å². The Morgan fingerprint density at radius 1 is 1.16 bits per heavy atom. The Morgan fingerprint density at radius 2 is 1.86 bits per heavy atom. The second kappa shape index (κ2) is 10.1. The van der Waals surface area contributed by atoms with Gasteiger partial charge in [-0.1, -0.05) is 11.6 Å². The first-order valence-corrected chi connectivity index (χ1v) is 12.0. The summed E-state index contributed by atoms with van der Waals surface area (Å²) in [4.78, 5) is 20.3. The molecule has 1 aromatic carbocycles. The van der Waals surface area contributed by atoms with E-state index in [9.17, 15) is 23.2 Å². The number of alkyl halides is 3. The monoisotopic (exact) mass is 534 g/mol. The number of benzene rings is 1. The summed E-state index contributed by atoms with van der Waals surface area (Å²) in [5, 5.41) is 13.7. The predicted molar refractivity (Wildman–Crippen MR) is 136 cm³/mol. The average molecular weight is 535 g/mol. The van der Waals surface area contributed by atoms with Gasteiger partial charge in [-0.2, -0.15) is 18.4 Å². The van der Waals surface area contributed by atoms with Crippen molar-refractivity contribution in [3.05, 3.63) is 47.2 Å². The highest BCUT2D eigenvalue weighted by atomic mass is 35.5. The Kier molecular flexibility index (Phi) is 7.26. The van der Waals surface area contributed by atoms with E-state index in [-0.39, 0.29) is 18.8 Å². The summed E-state index contributed by atoms with van der Waals surface area (Å²) in [5.41, 5.74) is 1.21. The number of anilines is 3. The van der Waals surface area contributed by atoms with E-state index in [4.69, 9.17) is 16.3 Å². The highest BCUT2D eigenvalue weighted by Gasteiger charge is 2.32. The van der Waals surface area contributed by atoms with Crippen LogP contribution in [0.1, 0.15) is 26.5 Å². The molecule has 1 N–H and O–H groups in total. The van der Waals surface area contributed by atoms with Crippen molar-refractivity contribution in [3.63, 3.8) is 0 Å². The minimum Gasteiger partial charge on any atom is -0.443 e. The second-order valence-electron chi connectivity index (χ2n) is 9.77. The number of rotatable bonds is 4. The van der Waals surface area contributed by atoms with E-state index in [1.54, 1.807) is 57.3 Å². The number of halogens is 4. The van der Waals surface area contributed by atoms with Crippen LogP contribution < -0.4 is 10.2 Å². The number of ether oxygens (including phenoxy) is 1. The lowest BCUT2D eigenvalue weighted by atomic mass is 10.2. The first-order chi connectivity index (χ1) is 17.3. The van der Waals surface area contributed by atoms with E-state index in [1.807, 2.05) is 11.0 Å². The summed E-state index contributed by atoms with van der Waals surface area (Å²) < 4.78 is 45.0. The molecule has 1 aliphatic rings. The summed E-state index contributed by atoms with van der Waals surface area (Å²) in [6, 6.07) is 10.5. The van der Waals surface area contributed by atoms with Crippen LogP contribution in [0.4, 0.5) is 35.2 Å². The molecule has 0 atom stereocenters. The average Bonchev–Trinajstić information content (AvgIpc) is 3.22. The van der Waals surface area contributed by atoms with E-state index in [0.717, 1.165) is 0 Å². The zero-order valence-corrected chi connectivity index (χ0v) is 21.3. The van der Waals surface area contributed by atoms with Gasteiger partial charge < -0.3 is 15.0 Å². The van der Waals surface area contributed by atoms with Crippen molar-refractivity contribution in [2.24, 2.45) is 0 Å². The molecule has 0 saturated carbocycles. The number of nitrogens with one attached hydrogen (secondary N) is 1. The van der Waals surface area contributed by atoms with E-state index < -0.39 is 24.4 Å². The van der Waals surface area contributed by atoms with E-state index >= 15 is 0 Å².